The minimum absolute atomic E-state index is 0.198. The first kappa shape index (κ1) is 29.2. The van der Waals surface area contributed by atoms with Gasteiger partial charge in [-0.2, -0.15) is 0 Å². The standard InChI is InChI=1S/C18H30O3Si.C9H10O3/c1-13(2)22(14(3)4,15(5)6)21-17-10-8-16(9-11-17)12-18(19)20-7;1-12-9(11)6-7-2-4-8(10)5-3-7/h8-11,13-15H,12H2,1-7H3;2-5,10H,6H2,1H3. The molecule has 0 aromatic heterocycles. The summed E-state index contributed by atoms with van der Waals surface area (Å²) >= 11 is 0. The third-order valence-corrected chi connectivity index (χ3v) is 12.0. The van der Waals surface area contributed by atoms with E-state index in [1.807, 2.05) is 24.3 Å². The Hall–Kier alpha value is -2.80. The quantitative estimate of drug-likeness (QED) is 0.341. The van der Waals surface area contributed by atoms with Crippen LogP contribution in [0.5, 0.6) is 11.5 Å². The predicted molar refractivity (Wildman–Crippen MR) is 138 cm³/mol. The topological polar surface area (TPSA) is 82.1 Å². The third kappa shape index (κ3) is 8.52. The van der Waals surface area contributed by atoms with Gasteiger partial charge in [-0.15, -0.1) is 0 Å². The van der Waals surface area contributed by atoms with Crippen molar-refractivity contribution in [3.63, 3.8) is 0 Å². The maximum absolute atomic E-state index is 11.3. The van der Waals surface area contributed by atoms with Gasteiger partial charge in [0, 0.05) is 0 Å². The van der Waals surface area contributed by atoms with Gasteiger partial charge in [-0.1, -0.05) is 65.8 Å². The lowest BCUT2D eigenvalue weighted by Crippen LogP contribution is -2.50. The Morgan fingerprint density at radius 3 is 1.38 bits per heavy atom. The number of phenols is 1. The van der Waals surface area contributed by atoms with Gasteiger partial charge in [0.05, 0.1) is 27.1 Å². The molecule has 2 rings (SSSR count). The largest absolute Gasteiger partial charge is 0.543 e. The van der Waals surface area contributed by atoms with Crippen LogP contribution in [0.25, 0.3) is 0 Å². The van der Waals surface area contributed by atoms with Crippen LogP contribution in [0.4, 0.5) is 0 Å². The highest BCUT2D eigenvalue weighted by atomic mass is 28.4. The number of phenolic OH excluding ortho intramolecular Hbond substituents is 1. The van der Waals surface area contributed by atoms with E-state index in [1.54, 1.807) is 12.1 Å². The Bertz CT molecular complexity index is 867. The first-order valence-corrected chi connectivity index (χ1v) is 13.8. The highest BCUT2D eigenvalue weighted by Gasteiger charge is 2.46. The molecule has 0 amide bonds. The molecule has 0 radical (unpaired) electrons. The number of hydrogen-bond acceptors (Lipinski definition) is 6. The van der Waals surface area contributed by atoms with Gasteiger partial charge in [0.2, 0.25) is 0 Å². The number of carbonyl (C=O) groups excluding carboxylic acids is 2. The second-order valence-corrected chi connectivity index (χ2v) is 14.6. The van der Waals surface area contributed by atoms with Crippen molar-refractivity contribution >= 4 is 20.3 Å². The lowest BCUT2D eigenvalue weighted by atomic mass is 10.1. The number of rotatable bonds is 9. The zero-order valence-electron chi connectivity index (χ0n) is 21.8. The molecule has 2 aromatic rings. The summed E-state index contributed by atoms with van der Waals surface area (Å²) in [6.07, 6.45) is 0.550. The van der Waals surface area contributed by atoms with Crippen molar-refractivity contribution in [2.45, 2.75) is 71.0 Å². The first-order chi connectivity index (χ1) is 16.0. The molecule has 6 nitrogen and oxygen atoms in total. The molecular weight excluding hydrogens is 448 g/mol. The summed E-state index contributed by atoms with van der Waals surface area (Å²) < 4.78 is 15.8. The maximum Gasteiger partial charge on any atom is 0.309 e. The Morgan fingerprint density at radius 2 is 1.06 bits per heavy atom. The highest BCUT2D eigenvalue weighted by molar-refractivity contribution is 6.78. The highest BCUT2D eigenvalue weighted by Crippen LogP contribution is 2.42. The molecule has 0 unspecified atom stereocenters. The fourth-order valence-electron chi connectivity index (χ4n) is 4.32. The van der Waals surface area contributed by atoms with Crippen LogP contribution in [0.1, 0.15) is 52.7 Å². The van der Waals surface area contributed by atoms with E-state index in [2.05, 4.69) is 46.3 Å². The molecule has 0 heterocycles. The van der Waals surface area contributed by atoms with Crippen molar-refractivity contribution in [2.24, 2.45) is 0 Å². The van der Waals surface area contributed by atoms with E-state index in [0.717, 1.165) is 16.9 Å². The molecule has 0 fully saturated rings. The zero-order chi connectivity index (χ0) is 25.9. The summed E-state index contributed by atoms with van der Waals surface area (Å²) in [4.78, 5) is 22.1. The smallest absolute Gasteiger partial charge is 0.309 e. The number of carbonyl (C=O) groups is 2. The predicted octanol–water partition coefficient (Wildman–Crippen LogP) is 6.06. The Labute approximate surface area is 205 Å². The maximum atomic E-state index is 11.3. The van der Waals surface area contributed by atoms with Crippen LogP contribution in [-0.4, -0.2) is 39.6 Å². The molecule has 0 saturated heterocycles. The van der Waals surface area contributed by atoms with Crippen LogP contribution in [0.3, 0.4) is 0 Å². The van der Waals surface area contributed by atoms with Crippen LogP contribution in [0, 0.1) is 0 Å². The SMILES string of the molecule is COC(=O)Cc1ccc(O)cc1.COC(=O)Cc1ccc(O[Si](C(C)C)(C(C)C)C(C)C)cc1. The molecule has 0 aliphatic carbocycles. The summed E-state index contributed by atoms with van der Waals surface area (Å²) in [5.41, 5.74) is 3.41. The molecule has 188 valence electrons. The van der Waals surface area contributed by atoms with Crippen molar-refractivity contribution in [1.82, 2.24) is 0 Å². The Morgan fingerprint density at radius 1 is 0.706 bits per heavy atom. The van der Waals surface area contributed by atoms with E-state index >= 15 is 0 Å². The number of ether oxygens (including phenoxy) is 2. The summed E-state index contributed by atoms with van der Waals surface area (Å²) in [5.74, 6) is 0.615. The van der Waals surface area contributed by atoms with Gasteiger partial charge in [0.1, 0.15) is 11.5 Å². The van der Waals surface area contributed by atoms with Gasteiger partial charge >= 0.3 is 11.9 Å². The average Bonchev–Trinajstić information content (AvgIpc) is 2.79. The molecule has 0 saturated carbocycles. The van der Waals surface area contributed by atoms with Gasteiger partial charge in [-0.05, 0) is 52.0 Å². The van der Waals surface area contributed by atoms with Crippen molar-refractivity contribution in [2.75, 3.05) is 14.2 Å². The molecule has 0 aliphatic rings. The monoisotopic (exact) mass is 488 g/mol. The average molecular weight is 489 g/mol. The third-order valence-electron chi connectivity index (χ3n) is 6.01. The van der Waals surface area contributed by atoms with Gasteiger partial charge in [0.15, 0.2) is 0 Å². The molecule has 2 aromatic carbocycles. The summed E-state index contributed by atoms with van der Waals surface area (Å²) in [6.45, 7) is 13.7. The van der Waals surface area contributed by atoms with Crippen molar-refractivity contribution < 1.29 is 28.6 Å². The van der Waals surface area contributed by atoms with Crippen LogP contribution < -0.4 is 4.43 Å². The normalized spacial score (nSPS) is 11.1. The fraction of sp³-hybridized carbons (Fsp3) is 0.481. The minimum atomic E-state index is -1.92. The van der Waals surface area contributed by atoms with E-state index < -0.39 is 8.32 Å². The summed E-state index contributed by atoms with van der Waals surface area (Å²) in [7, 11) is 0.844. The van der Waals surface area contributed by atoms with E-state index in [9.17, 15) is 9.59 Å². The van der Waals surface area contributed by atoms with Crippen molar-refractivity contribution in [1.29, 1.82) is 0 Å². The summed E-state index contributed by atoms with van der Waals surface area (Å²) in [5, 5.41) is 8.93. The van der Waals surface area contributed by atoms with Crippen molar-refractivity contribution in [3.05, 3.63) is 59.7 Å². The second-order valence-electron chi connectivity index (χ2n) is 9.24. The number of esters is 2. The zero-order valence-corrected chi connectivity index (χ0v) is 22.8. The summed E-state index contributed by atoms with van der Waals surface area (Å²) in [6, 6.07) is 14.3. The van der Waals surface area contributed by atoms with E-state index in [-0.39, 0.29) is 24.1 Å². The van der Waals surface area contributed by atoms with Crippen LogP contribution in [0.15, 0.2) is 48.5 Å². The Kier molecular flexibility index (Phi) is 11.9. The minimum Gasteiger partial charge on any atom is -0.543 e. The van der Waals surface area contributed by atoms with Gasteiger partial charge < -0.3 is 19.0 Å². The van der Waals surface area contributed by atoms with Crippen LogP contribution in [-0.2, 0) is 31.9 Å². The molecule has 1 N–H and O–H groups in total. The molecule has 0 atom stereocenters. The molecule has 0 spiro atoms. The van der Waals surface area contributed by atoms with Crippen LogP contribution in [0.2, 0.25) is 16.6 Å². The molecular formula is C27H40O6Si. The molecule has 34 heavy (non-hydrogen) atoms. The second kappa shape index (κ2) is 13.8. The lowest BCUT2D eigenvalue weighted by Gasteiger charge is -2.42. The number of hydrogen-bond donors (Lipinski definition) is 1. The Balaban J connectivity index is 0.000000404. The van der Waals surface area contributed by atoms with Crippen molar-refractivity contribution in [3.8, 4) is 11.5 Å². The van der Waals surface area contributed by atoms with E-state index in [4.69, 9.17) is 14.3 Å². The van der Waals surface area contributed by atoms with Gasteiger partial charge in [-0.25, -0.2) is 0 Å². The number of methoxy groups -OCH3 is 2. The fourth-order valence-corrected chi connectivity index (χ4v) is 9.58. The number of benzene rings is 2. The molecule has 0 aliphatic heterocycles. The molecule has 7 heteroatoms. The van der Waals surface area contributed by atoms with Crippen LogP contribution >= 0.6 is 0 Å². The lowest BCUT2D eigenvalue weighted by molar-refractivity contribution is -0.140. The van der Waals surface area contributed by atoms with E-state index in [0.29, 0.717) is 23.0 Å². The first-order valence-electron chi connectivity index (χ1n) is 11.7. The van der Waals surface area contributed by atoms with E-state index in [1.165, 1.54) is 26.4 Å². The number of aromatic hydroxyl groups is 1. The van der Waals surface area contributed by atoms with Gasteiger partial charge in [-0.3, -0.25) is 9.59 Å². The molecule has 0 bridgehead atoms. The van der Waals surface area contributed by atoms with Gasteiger partial charge in [0.25, 0.3) is 8.32 Å².